The third-order valence-electron chi connectivity index (χ3n) is 6.61. The van der Waals surface area contributed by atoms with Crippen LogP contribution in [-0.4, -0.2) is 52.2 Å². The molecule has 0 saturated carbocycles. The number of carbonyl (C=O) groups excluding carboxylic acids is 2. The van der Waals surface area contributed by atoms with Gasteiger partial charge < -0.3 is 10.6 Å². The number of azo groups is 1. The summed E-state index contributed by atoms with van der Waals surface area (Å²) in [5, 5.41) is 38.6. The molecule has 6 aromatic rings. The normalized spacial score (nSPS) is 11.2. The van der Waals surface area contributed by atoms with Gasteiger partial charge in [-0.15, -0.1) is 15.3 Å². The van der Waals surface area contributed by atoms with Crippen LogP contribution in [0.2, 0.25) is 20.1 Å². The molecule has 4 aromatic carbocycles. The number of anilines is 2. The average Bonchev–Trinajstić information content (AvgIpc) is 3.70. The minimum absolute atomic E-state index is 0.200. The average molecular weight is 722 g/mol. The van der Waals surface area contributed by atoms with Crippen LogP contribution in [0.5, 0.6) is 0 Å². The van der Waals surface area contributed by atoms with Crippen LogP contribution in [0.25, 0.3) is 22.8 Å². The molecular formula is C30H20Cl4N12O2. The molecule has 0 aliphatic carbocycles. The summed E-state index contributed by atoms with van der Waals surface area (Å²) in [7, 11) is 0. The van der Waals surface area contributed by atoms with Gasteiger partial charge in [-0.2, -0.15) is 5.11 Å². The molecule has 0 bridgehead atoms. The molecule has 48 heavy (non-hydrogen) atoms. The van der Waals surface area contributed by atoms with Crippen molar-refractivity contribution in [2.24, 2.45) is 10.2 Å². The lowest BCUT2D eigenvalue weighted by molar-refractivity contribution is -0.117. The maximum atomic E-state index is 13.3. The number of hydrogen-bond acceptors (Lipinski definition) is 10. The number of halogens is 4. The van der Waals surface area contributed by atoms with Crippen LogP contribution >= 0.6 is 46.4 Å². The Hall–Kier alpha value is -5.28. The number of carbonyl (C=O) groups is 2. The summed E-state index contributed by atoms with van der Waals surface area (Å²) in [5.74, 6) is -0.574. The highest BCUT2D eigenvalue weighted by atomic mass is 35.5. The number of rotatable bonds is 10. The number of tetrazole rings is 2. The molecule has 0 unspecified atom stereocenters. The van der Waals surface area contributed by atoms with Gasteiger partial charge in [0.15, 0.2) is 11.6 Å². The molecule has 14 nitrogen and oxygen atoms in total. The summed E-state index contributed by atoms with van der Waals surface area (Å²) in [6, 6.07) is 23.7. The van der Waals surface area contributed by atoms with Crippen molar-refractivity contribution in [3.05, 3.63) is 105 Å². The van der Waals surface area contributed by atoms with Crippen molar-refractivity contribution in [2.45, 2.75) is 13.1 Å². The molecule has 2 aromatic heterocycles. The van der Waals surface area contributed by atoms with E-state index >= 15 is 0 Å². The highest BCUT2D eigenvalue weighted by Crippen LogP contribution is 2.35. The van der Waals surface area contributed by atoms with Crippen LogP contribution in [0, 0.1) is 0 Å². The van der Waals surface area contributed by atoms with Crippen molar-refractivity contribution in [1.29, 1.82) is 0 Å². The van der Waals surface area contributed by atoms with Crippen LogP contribution in [0.4, 0.5) is 22.7 Å². The first-order valence-corrected chi connectivity index (χ1v) is 15.4. The Balaban J connectivity index is 1.24. The summed E-state index contributed by atoms with van der Waals surface area (Å²) in [5.41, 5.74) is 2.26. The number of nitrogens with zero attached hydrogens (tertiary/aromatic N) is 10. The van der Waals surface area contributed by atoms with E-state index in [1.54, 1.807) is 60.7 Å². The molecule has 2 heterocycles. The van der Waals surface area contributed by atoms with Gasteiger partial charge in [0.1, 0.15) is 18.8 Å². The van der Waals surface area contributed by atoms with Gasteiger partial charge in [-0.05, 0) is 75.5 Å². The maximum Gasteiger partial charge on any atom is 0.246 e. The highest BCUT2D eigenvalue weighted by molar-refractivity contribution is 6.39. The smallest absolute Gasteiger partial charge is 0.246 e. The first-order valence-electron chi connectivity index (χ1n) is 13.9. The molecule has 0 radical (unpaired) electrons. The molecule has 240 valence electrons. The molecule has 6 rings (SSSR count). The van der Waals surface area contributed by atoms with Gasteiger partial charge in [-0.3, -0.25) is 9.59 Å². The fourth-order valence-corrected chi connectivity index (χ4v) is 5.61. The third-order valence-corrected chi connectivity index (χ3v) is 7.87. The highest BCUT2D eigenvalue weighted by Gasteiger charge is 2.20. The number of hydrogen-bond donors (Lipinski definition) is 2. The topological polar surface area (TPSA) is 170 Å². The summed E-state index contributed by atoms with van der Waals surface area (Å²) >= 11 is 25.3. The second-order valence-corrected chi connectivity index (χ2v) is 11.5. The Morgan fingerprint density at radius 2 is 1.15 bits per heavy atom. The third kappa shape index (κ3) is 7.47. The zero-order chi connectivity index (χ0) is 33.6. The monoisotopic (exact) mass is 720 g/mol. The van der Waals surface area contributed by atoms with E-state index in [4.69, 9.17) is 46.4 Å². The Bertz CT molecular complexity index is 2110. The molecule has 0 spiro atoms. The van der Waals surface area contributed by atoms with Gasteiger partial charge in [0.2, 0.25) is 11.8 Å². The Morgan fingerprint density at radius 1 is 0.625 bits per heavy atom. The first-order chi connectivity index (χ1) is 23.3. The summed E-state index contributed by atoms with van der Waals surface area (Å²) in [6.45, 7) is -0.573. The van der Waals surface area contributed by atoms with E-state index in [2.05, 4.69) is 51.9 Å². The Morgan fingerprint density at radius 3 is 1.69 bits per heavy atom. The van der Waals surface area contributed by atoms with Gasteiger partial charge in [-0.1, -0.05) is 76.7 Å². The van der Waals surface area contributed by atoms with E-state index in [9.17, 15) is 9.59 Å². The largest absolute Gasteiger partial charge is 0.324 e. The van der Waals surface area contributed by atoms with Crippen LogP contribution in [0.3, 0.4) is 0 Å². The lowest BCUT2D eigenvalue weighted by Crippen LogP contribution is -2.22. The number of benzene rings is 4. The predicted molar refractivity (Wildman–Crippen MR) is 181 cm³/mol. The zero-order valence-electron chi connectivity index (χ0n) is 24.3. The van der Waals surface area contributed by atoms with E-state index in [1.807, 2.05) is 18.2 Å². The van der Waals surface area contributed by atoms with Crippen LogP contribution in [-0.2, 0) is 22.7 Å². The standard InChI is InChI=1S/C30H20Cl4N12O2/c31-19-8-4-9-20(32)27(19)29-39-41-43-45(29)15-25(47)35-18-12-13-23(38-37-17-6-2-1-3-7-17)24(14-18)36-26(48)16-46-30(40-42-44-46)28-21(33)10-5-11-22(28)34/h1-14H,15-16H2,(H,35,47)(H,36,48). The summed E-state index contributed by atoms with van der Waals surface area (Å²) in [4.78, 5) is 26.5. The first kappa shape index (κ1) is 32.7. The lowest BCUT2D eigenvalue weighted by Gasteiger charge is -2.12. The van der Waals surface area contributed by atoms with E-state index in [0.29, 0.717) is 48.3 Å². The molecule has 0 aliphatic heterocycles. The quantitative estimate of drug-likeness (QED) is 0.139. The molecule has 0 atom stereocenters. The van der Waals surface area contributed by atoms with Gasteiger partial charge in [0.05, 0.1) is 42.6 Å². The number of aromatic nitrogens is 8. The lowest BCUT2D eigenvalue weighted by atomic mass is 10.2. The summed E-state index contributed by atoms with van der Waals surface area (Å²) in [6.07, 6.45) is 0. The van der Waals surface area contributed by atoms with Crippen LogP contribution in [0.1, 0.15) is 0 Å². The second-order valence-electron chi connectivity index (χ2n) is 9.88. The van der Waals surface area contributed by atoms with E-state index in [-0.39, 0.29) is 30.4 Å². The number of amides is 2. The van der Waals surface area contributed by atoms with Crippen molar-refractivity contribution in [3.8, 4) is 22.8 Å². The fourth-order valence-electron chi connectivity index (χ4n) is 4.47. The van der Waals surface area contributed by atoms with Crippen LogP contribution < -0.4 is 10.6 Å². The van der Waals surface area contributed by atoms with E-state index in [0.717, 1.165) is 0 Å². The molecule has 18 heteroatoms. The van der Waals surface area contributed by atoms with Gasteiger partial charge >= 0.3 is 0 Å². The van der Waals surface area contributed by atoms with E-state index in [1.165, 1.54) is 15.4 Å². The van der Waals surface area contributed by atoms with Gasteiger partial charge in [-0.25, -0.2) is 9.36 Å². The van der Waals surface area contributed by atoms with Crippen molar-refractivity contribution >= 4 is 81.0 Å². The molecule has 2 amide bonds. The fraction of sp³-hybridized carbons (Fsp3) is 0.0667. The van der Waals surface area contributed by atoms with Crippen molar-refractivity contribution < 1.29 is 9.59 Å². The Labute approximate surface area is 291 Å². The molecule has 0 fully saturated rings. The second kappa shape index (κ2) is 14.6. The van der Waals surface area contributed by atoms with E-state index < -0.39 is 11.8 Å². The predicted octanol–water partition coefficient (Wildman–Crippen LogP) is 7.30. The molecule has 2 N–H and O–H groups in total. The Kier molecular flexibility index (Phi) is 9.96. The van der Waals surface area contributed by atoms with Gasteiger partial charge in [0.25, 0.3) is 0 Å². The van der Waals surface area contributed by atoms with Crippen LogP contribution in [0.15, 0.2) is 95.2 Å². The summed E-state index contributed by atoms with van der Waals surface area (Å²) < 4.78 is 2.52. The minimum atomic E-state index is -0.513. The number of nitrogens with one attached hydrogen (secondary N) is 2. The van der Waals surface area contributed by atoms with Crippen molar-refractivity contribution in [2.75, 3.05) is 10.6 Å². The maximum absolute atomic E-state index is 13.3. The minimum Gasteiger partial charge on any atom is -0.324 e. The molecule has 0 aliphatic rings. The van der Waals surface area contributed by atoms with Gasteiger partial charge in [0, 0.05) is 5.69 Å². The molecular weight excluding hydrogens is 702 g/mol. The zero-order valence-corrected chi connectivity index (χ0v) is 27.3. The van der Waals surface area contributed by atoms with Crippen molar-refractivity contribution in [1.82, 2.24) is 40.4 Å². The SMILES string of the molecule is O=C(Cn1nnnc1-c1c(Cl)cccc1Cl)Nc1ccc(N=Nc2ccccc2)c(NC(=O)Cn2nnnc2-c2c(Cl)cccc2Cl)c1. The van der Waals surface area contributed by atoms with Crippen molar-refractivity contribution in [3.63, 3.8) is 0 Å². The molecule has 0 saturated heterocycles.